The van der Waals surface area contributed by atoms with E-state index in [1.165, 1.54) is 0 Å². The van der Waals surface area contributed by atoms with Gasteiger partial charge in [0.2, 0.25) is 5.88 Å². The molecule has 0 aliphatic carbocycles. The minimum atomic E-state index is -0.548. The standard InChI is InChI=1S/C31H23N5O/c1-31(2,19-32)23-12-8-20(9-13-23)30-29-25-16-21(10-14-26(25)33-18-27(29)35-36-30)22-11-15-28(34-17-22)37-24-6-4-3-5-7-24/h3-18H,1-2H3,(H,35,36). The van der Waals surface area contributed by atoms with Crippen LogP contribution in [0.1, 0.15) is 19.4 Å². The van der Waals surface area contributed by atoms with Crippen LogP contribution >= 0.6 is 0 Å². The molecule has 6 nitrogen and oxygen atoms in total. The molecule has 0 radical (unpaired) electrons. The van der Waals surface area contributed by atoms with Crippen molar-refractivity contribution in [3.05, 3.63) is 103 Å². The topological polar surface area (TPSA) is 87.5 Å². The number of aromatic nitrogens is 4. The Bertz CT molecular complexity index is 1760. The second kappa shape index (κ2) is 8.89. The maximum Gasteiger partial charge on any atom is 0.219 e. The third kappa shape index (κ3) is 4.17. The summed E-state index contributed by atoms with van der Waals surface area (Å²) in [7, 11) is 0. The van der Waals surface area contributed by atoms with E-state index in [1.54, 1.807) is 0 Å². The first-order valence-electron chi connectivity index (χ1n) is 12.0. The SMILES string of the molecule is CC(C)(C#N)c1ccc(-c2n[nH]c3cnc4ccc(-c5ccc(Oc6ccccc6)nc5)cc4c23)cc1. The first-order chi connectivity index (χ1) is 18.0. The Morgan fingerprint density at radius 3 is 2.30 bits per heavy atom. The lowest BCUT2D eigenvalue weighted by molar-refractivity contribution is 0.463. The van der Waals surface area contributed by atoms with Crippen LogP contribution in [0.5, 0.6) is 11.6 Å². The van der Waals surface area contributed by atoms with E-state index in [2.05, 4.69) is 38.4 Å². The molecule has 37 heavy (non-hydrogen) atoms. The van der Waals surface area contributed by atoms with E-state index in [0.717, 1.165) is 55.5 Å². The second-order valence-corrected chi connectivity index (χ2v) is 9.47. The first-order valence-corrected chi connectivity index (χ1v) is 12.0. The van der Waals surface area contributed by atoms with Crippen molar-refractivity contribution in [3.8, 4) is 40.1 Å². The van der Waals surface area contributed by atoms with Crippen LogP contribution in [0.2, 0.25) is 0 Å². The van der Waals surface area contributed by atoms with Crippen molar-refractivity contribution in [1.82, 2.24) is 20.2 Å². The van der Waals surface area contributed by atoms with Gasteiger partial charge in [0.1, 0.15) is 11.4 Å². The number of hydrogen-bond donors (Lipinski definition) is 1. The van der Waals surface area contributed by atoms with Crippen molar-refractivity contribution in [3.63, 3.8) is 0 Å². The molecule has 0 spiro atoms. The molecule has 178 valence electrons. The molecule has 0 aliphatic rings. The Kier molecular flexibility index (Phi) is 5.39. The fourth-order valence-electron chi connectivity index (χ4n) is 4.42. The number of H-pyrrole nitrogens is 1. The van der Waals surface area contributed by atoms with Crippen molar-refractivity contribution in [2.24, 2.45) is 0 Å². The zero-order chi connectivity index (χ0) is 25.4. The van der Waals surface area contributed by atoms with Crippen LogP contribution in [0.3, 0.4) is 0 Å². The molecule has 6 aromatic rings. The van der Waals surface area contributed by atoms with Gasteiger partial charge in [-0.15, -0.1) is 0 Å². The average Bonchev–Trinajstić information content (AvgIpc) is 3.39. The van der Waals surface area contributed by atoms with Gasteiger partial charge < -0.3 is 4.74 Å². The van der Waals surface area contributed by atoms with Gasteiger partial charge in [0.05, 0.1) is 28.7 Å². The Hall–Kier alpha value is -5.02. The zero-order valence-electron chi connectivity index (χ0n) is 20.4. The Labute approximate surface area is 214 Å². The molecule has 0 atom stereocenters. The van der Waals surface area contributed by atoms with Crippen LogP contribution < -0.4 is 4.74 Å². The van der Waals surface area contributed by atoms with Crippen molar-refractivity contribution in [1.29, 1.82) is 5.26 Å². The fourth-order valence-corrected chi connectivity index (χ4v) is 4.42. The van der Waals surface area contributed by atoms with Gasteiger partial charge in [-0.3, -0.25) is 10.1 Å². The van der Waals surface area contributed by atoms with E-state index >= 15 is 0 Å². The number of benzene rings is 3. The van der Waals surface area contributed by atoms with E-state index in [4.69, 9.17) is 4.74 Å². The highest BCUT2D eigenvalue weighted by molar-refractivity contribution is 6.11. The maximum absolute atomic E-state index is 9.48. The molecule has 0 amide bonds. The summed E-state index contributed by atoms with van der Waals surface area (Å²) in [4.78, 5) is 9.13. The van der Waals surface area contributed by atoms with Crippen LogP contribution in [0.15, 0.2) is 97.3 Å². The number of ether oxygens (including phenoxy) is 1. The summed E-state index contributed by atoms with van der Waals surface area (Å²) < 4.78 is 5.84. The van der Waals surface area contributed by atoms with Crippen molar-refractivity contribution < 1.29 is 4.74 Å². The van der Waals surface area contributed by atoms with E-state index < -0.39 is 5.41 Å². The molecule has 0 saturated carbocycles. The maximum atomic E-state index is 9.48. The lowest BCUT2D eigenvalue weighted by atomic mass is 9.86. The number of rotatable bonds is 5. The monoisotopic (exact) mass is 481 g/mol. The quantitative estimate of drug-likeness (QED) is 0.277. The van der Waals surface area contributed by atoms with Gasteiger partial charge in [-0.2, -0.15) is 10.4 Å². The highest BCUT2D eigenvalue weighted by Crippen LogP contribution is 2.35. The molecule has 3 aromatic heterocycles. The zero-order valence-corrected chi connectivity index (χ0v) is 20.4. The number of nitriles is 1. The minimum Gasteiger partial charge on any atom is -0.439 e. The molecule has 0 saturated heterocycles. The van der Waals surface area contributed by atoms with E-state index in [0.29, 0.717) is 5.88 Å². The van der Waals surface area contributed by atoms with Gasteiger partial charge in [-0.05, 0) is 55.3 Å². The number of aromatic amines is 1. The normalized spacial score (nSPS) is 11.5. The number of para-hydroxylation sites is 1. The fraction of sp³-hybridized carbons (Fsp3) is 0.0968. The average molecular weight is 482 g/mol. The lowest BCUT2D eigenvalue weighted by Crippen LogP contribution is -2.13. The predicted molar refractivity (Wildman–Crippen MR) is 145 cm³/mol. The summed E-state index contributed by atoms with van der Waals surface area (Å²) >= 11 is 0. The van der Waals surface area contributed by atoms with E-state index in [-0.39, 0.29) is 0 Å². The summed E-state index contributed by atoms with van der Waals surface area (Å²) in [6, 6.07) is 30.1. The van der Waals surface area contributed by atoms with Crippen LogP contribution in [0.25, 0.3) is 44.2 Å². The number of pyridine rings is 2. The van der Waals surface area contributed by atoms with Crippen LogP contribution in [0, 0.1) is 11.3 Å². The van der Waals surface area contributed by atoms with E-state index in [9.17, 15) is 5.26 Å². The molecule has 0 fully saturated rings. The molecule has 6 rings (SSSR count). The molecule has 0 bridgehead atoms. The van der Waals surface area contributed by atoms with Gasteiger partial charge in [0.25, 0.3) is 0 Å². The van der Waals surface area contributed by atoms with Gasteiger partial charge in [0.15, 0.2) is 0 Å². The summed E-state index contributed by atoms with van der Waals surface area (Å²) in [6.45, 7) is 3.84. The highest BCUT2D eigenvalue weighted by Gasteiger charge is 2.20. The van der Waals surface area contributed by atoms with Gasteiger partial charge in [-0.1, -0.05) is 48.5 Å². The summed E-state index contributed by atoms with van der Waals surface area (Å²) in [5, 5.41) is 19.2. The Morgan fingerprint density at radius 2 is 1.57 bits per heavy atom. The van der Waals surface area contributed by atoms with Gasteiger partial charge in [0, 0.05) is 34.2 Å². The lowest BCUT2D eigenvalue weighted by Gasteiger charge is -2.15. The third-order valence-corrected chi connectivity index (χ3v) is 6.59. The number of nitrogens with zero attached hydrogens (tertiary/aromatic N) is 4. The smallest absolute Gasteiger partial charge is 0.219 e. The Balaban J connectivity index is 1.39. The molecule has 3 aromatic carbocycles. The van der Waals surface area contributed by atoms with Crippen LogP contribution in [-0.2, 0) is 5.41 Å². The molecular formula is C31H23N5O. The van der Waals surface area contributed by atoms with Crippen LogP contribution in [0.4, 0.5) is 0 Å². The summed E-state index contributed by atoms with van der Waals surface area (Å²) in [5.74, 6) is 1.29. The number of nitrogens with one attached hydrogen (secondary N) is 1. The molecular weight excluding hydrogens is 458 g/mol. The van der Waals surface area contributed by atoms with Crippen molar-refractivity contribution in [2.45, 2.75) is 19.3 Å². The predicted octanol–water partition coefficient (Wildman–Crippen LogP) is 7.43. The van der Waals surface area contributed by atoms with Gasteiger partial charge >= 0.3 is 0 Å². The molecule has 3 heterocycles. The molecule has 0 unspecified atom stereocenters. The molecule has 1 N–H and O–H groups in total. The van der Waals surface area contributed by atoms with Crippen LogP contribution in [-0.4, -0.2) is 20.2 Å². The summed E-state index contributed by atoms with van der Waals surface area (Å²) in [5.41, 5.74) is 6.01. The molecule has 0 aliphatic heterocycles. The number of hydrogen-bond acceptors (Lipinski definition) is 5. The summed E-state index contributed by atoms with van der Waals surface area (Å²) in [6.07, 6.45) is 3.64. The van der Waals surface area contributed by atoms with E-state index in [1.807, 2.05) is 99.0 Å². The largest absolute Gasteiger partial charge is 0.439 e. The molecule has 6 heteroatoms. The highest BCUT2D eigenvalue weighted by atomic mass is 16.5. The van der Waals surface area contributed by atoms with Crippen molar-refractivity contribution in [2.75, 3.05) is 0 Å². The second-order valence-electron chi connectivity index (χ2n) is 9.47. The minimum absolute atomic E-state index is 0.542. The van der Waals surface area contributed by atoms with Crippen molar-refractivity contribution >= 4 is 21.8 Å². The third-order valence-electron chi connectivity index (χ3n) is 6.59. The van der Waals surface area contributed by atoms with Gasteiger partial charge in [-0.25, -0.2) is 4.98 Å². The Morgan fingerprint density at radius 1 is 0.811 bits per heavy atom. The first kappa shape index (κ1) is 22.4. The number of fused-ring (bicyclic) bond motifs is 3.